The summed E-state index contributed by atoms with van der Waals surface area (Å²) in [5, 5.41) is 14.5. The Hall–Kier alpha value is -3.95. The van der Waals surface area contributed by atoms with Crippen molar-refractivity contribution < 1.29 is 19.2 Å². The number of fused-ring (bicyclic) bond motifs is 1. The van der Waals surface area contributed by atoms with E-state index in [0.29, 0.717) is 30.2 Å². The van der Waals surface area contributed by atoms with Crippen molar-refractivity contribution in [2.45, 2.75) is 25.5 Å². The van der Waals surface area contributed by atoms with Crippen molar-refractivity contribution in [1.29, 1.82) is 0 Å². The van der Waals surface area contributed by atoms with Crippen LogP contribution in [0.15, 0.2) is 72.8 Å². The molecule has 3 N–H and O–H groups in total. The summed E-state index contributed by atoms with van der Waals surface area (Å²) in [6.07, 6.45) is -1.67. The Balaban J connectivity index is 1.69. The molecule has 9 heteroatoms. The van der Waals surface area contributed by atoms with Crippen LogP contribution in [0.2, 0.25) is 0 Å². The third-order valence-corrected chi connectivity index (χ3v) is 5.51. The van der Waals surface area contributed by atoms with Crippen molar-refractivity contribution in [3.8, 4) is 11.5 Å². The number of carbonyl (C=O) groups is 1. The number of nitrogens with zero attached hydrogens (tertiary/aromatic N) is 2. The van der Waals surface area contributed by atoms with Gasteiger partial charge in [0.15, 0.2) is 6.23 Å². The summed E-state index contributed by atoms with van der Waals surface area (Å²) in [4.78, 5) is 25.2. The van der Waals surface area contributed by atoms with E-state index < -0.39 is 23.2 Å². The number of benzene rings is 3. The molecule has 0 radical (unpaired) electrons. The second kappa shape index (κ2) is 9.68. The van der Waals surface area contributed by atoms with Crippen molar-refractivity contribution >= 4 is 11.6 Å². The van der Waals surface area contributed by atoms with E-state index in [9.17, 15) is 14.9 Å². The molecule has 0 fully saturated rings. The van der Waals surface area contributed by atoms with Gasteiger partial charge >= 0.3 is 0 Å². The molecule has 1 aliphatic rings. The number of primary amides is 1. The van der Waals surface area contributed by atoms with E-state index in [1.165, 1.54) is 12.1 Å². The molecule has 1 aliphatic heterocycles. The molecule has 0 saturated carbocycles. The van der Waals surface area contributed by atoms with Gasteiger partial charge in [-0.05, 0) is 12.1 Å². The zero-order chi connectivity index (χ0) is 23.4. The van der Waals surface area contributed by atoms with Crippen LogP contribution in [-0.2, 0) is 17.9 Å². The first-order chi connectivity index (χ1) is 16.0. The first-order valence-corrected chi connectivity index (χ1v) is 10.4. The maximum atomic E-state index is 12.6. The molecule has 1 heterocycles. The Morgan fingerprint density at radius 1 is 1.21 bits per heavy atom. The van der Waals surface area contributed by atoms with Gasteiger partial charge in [0.2, 0.25) is 5.91 Å². The summed E-state index contributed by atoms with van der Waals surface area (Å²) in [5.41, 5.74) is 8.02. The number of hydrogen-bond donors (Lipinski definition) is 2. The summed E-state index contributed by atoms with van der Waals surface area (Å²) < 4.78 is 11.6. The molecule has 0 aliphatic carbocycles. The normalized spacial score (nSPS) is 16.3. The Morgan fingerprint density at radius 3 is 2.73 bits per heavy atom. The number of amides is 1. The minimum Gasteiger partial charge on any atom is -0.496 e. The van der Waals surface area contributed by atoms with Crippen LogP contribution in [0.1, 0.15) is 22.9 Å². The molecule has 170 valence electrons. The van der Waals surface area contributed by atoms with E-state index in [-0.39, 0.29) is 5.69 Å². The van der Waals surface area contributed by atoms with Crippen LogP contribution in [-0.4, -0.2) is 29.0 Å². The van der Waals surface area contributed by atoms with Gasteiger partial charge in [0.25, 0.3) is 5.69 Å². The van der Waals surface area contributed by atoms with Gasteiger partial charge in [0.05, 0.1) is 12.0 Å². The molecule has 0 bridgehead atoms. The molecule has 3 aromatic carbocycles. The molecule has 3 aromatic rings. The smallest absolute Gasteiger partial charge is 0.269 e. The number of nitrogens with two attached hydrogens (primary N) is 1. The lowest BCUT2D eigenvalue weighted by atomic mass is 10.1. The lowest BCUT2D eigenvalue weighted by molar-refractivity contribution is -0.385. The van der Waals surface area contributed by atoms with Crippen molar-refractivity contribution in [3.63, 3.8) is 0 Å². The summed E-state index contributed by atoms with van der Waals surface area (Å²) in [5.74, 6) is 0.741. The van der Waals surface area contributed by atoms with E-state index in [1.54, 1.807) is 24.1 Å². The molecular weight excluding hydrogens is 424 g/mol. The quantitative estimate of drug-likeness (QED) is 0.401. The maximum absolute atomic E-state index is 12.6. The molecule has 4 rings (SSSR count). The Labute approximate surface area is 190 Å². The summed E-state index contributed by atoms with van der Waals surface area (Å²) in [6, 6.07) is 21.1. The largest absolute Gasteiger partial charge is 0.496 e. The zero-order valence-corrected chi connectivity index (χ0v) is 18.0. The molecule has 0 aromatic heterocycles. The van der Waals surface area contributed by atoms with Crippen LogP contribution < -0.4 is 20.5 Å². The van der Waals surface area contributed by atoms with Crippen molar-refractivity contribution in [2.24, 2.45) is 5.73 Å². The number of rotatable bonds is 8. The van der Waals surface area contributed by atoms with E-state index >= 15 is 0 Å². The van der Waals surface area contributed by atoms with Gasteiger partial charge in [-0.15, -0.1) is 0 Å². The average molecular weight is 448 g/mol. The molecule has 1 amide bonds. The number of non-ortho nitro benzene ring substituents is 1. The number of nitro groups is 1. The van der Waals surface area contributed by atoms with Crippen molar-refractivity contribution in [3.05, 3.63) is 99.6 Å². The molecule has 2 unspecified atom stereocenters. The summed E-state index contributed by atoms with van der Waals surface area (Å²) >= 11 is 0. The number of nitrogens with one attached hydrogen (secondary N) is 1. The Kier molecular flexibility index (Phi) is 6.53. The van der Waals surface area contributed by atoms with E-state index in [4.69, 9.17) is 15.2 Å². The van der Waals surface area contributed by atoms with Gasteiger partial charge in [-0.25, -0.2) is 4.90 Å². The predicted molar refractivity (Wildman–Crippen MR) is 121 cm³/mol. The number of methoxy groups -OCH3 is 1. The second-order valence-electron chi connectivity index (χ2n) is 7.60. The summed E-state index contributed by atoms with van der Waals surface area (Å²) in [7, 11) is 1.58. The Morgan fingerprint density at radius 2 is 1.97 bits per heavy atom. The highest BCUT2D eigenvalue weighted by Crippen LogP contribution is 2.37. The molecule has 0 saturated heterocycles. The first kappa shape index (κ1) is 22.3. The fraction of sp³-hybridized carbons (Fsp3) is 0.208. The van der Waals surface area contributed by atoms with Crippen LogP contribution in [0.4, 0.5) is 5.69 Å². The molecular formula is C24H24N4O5. The van der Waals surface area contributed by atoms with Crippen molar-refractivity contribution in [1.82, 2.24) is 10.2 Å². The van der Waals surface area contributed by atoms with Crippen LogP contribution in [0.3, 0.4) is 0 Å². The van der Waals surface area contributed by atoms with Crippen LogP contribution in [0.25, 0.3) is 0 Å². The van der Waals surface area contributed by atoms with Crippen LogP contribution in [0.5, 0.6) is 11.5 Å². The van der Waals surface area contributed by atoms with Gasteiger partial charge in [-0.1, -0.05) is 48.5 Å². The van der Waals surface area contributed by atoms with Crippen LogP contribution in [0, 0.1) is 10.1 Å². The molecule has 0 spiro atoms. The molecule has 33 heavy (non-hydrogen) atoms. The topological polar surface area (TPSA) is 120 Å². The average Bonchev–Trinajstić information content (AvgIpc) is 2.83. The van der Waals surface area contributed by atoms with Gasteiger partial charge in [0, 0.05) is 41.9 Å². The van der Waals surface area contributed by atoms with Gasteiger partial charge < -0.3 is 15.2 Å². The second-order valence-corrected chi connectivity index (χ2v) is 7.60. The van der Waals surface area contributed by atoms with Crippen LogP contribution >= 0.6 is 0 Å². The number of carbonyl (C=O) groups excluding carboxylic acids is 1. The highest BCUT2D eigenvalue weighted by molar-refractivity contribution is 5.79. The standard InChI is InChI=1S/C24H24N4O5/c1-32-20-11-4-2-7-17(20)14-26-23(22(25)29)27-15-18-8-3-5-12-21(18)33-24(27)16-9-6-10-19(13-16)28(30)31/h2-13,23-24,26H,14-15H2,1H3,(H2,25,29). The third kappa shape index (κ3) is 4.79. The minimum atomic E-state index is -0.910. The monoisotopic (exact) mass is 448 g/mol. The molecule has 9 nitrogen and oxygen atoms in total. The first-order valence-electron chi connectivity index (χ1n) is 10.4. The van der Waals surface area contributed by atoms with Gasteiger partial charge in [-0.2, -0.15) is 0 Å². The lowest BCUT2D eigenvalue weighted by Gasteiger charge is -2.40. The number of nitro benzene ring substituents is 1. The van der Waals surface area contributed by atoms with Crippen molar-refractivity contribution in [2.75, 3.05) is 7.11 Å². The summed E-state index contributed by atoms with van der Waals surface area (Å²) in [6.45, 7) is 0.674. The van der Waals surface area contributed by atoms with E-state index in [0.717, 1.165) is 11.1 Å². The van der Waals surface area contributed by atoms with E-state index in [1.807, 2.05) is 48.5 Å². The molecule has 2 atom stereocenters. The van der Waals surface area contributed by atoms with Gasteiger partial charge in [0.1, 0.15) is 17.7 Å². The van der Waals surface area contributed by atoms with Gasteiger partial charge in [-0.3, -0.25) is 20.2 Å². The Bertz CT molecular complexity index is 1170. The highest BCUT2D eigenvalue weighted by atomic mass is 16.6. The fourth-order valence-electron chi connectivity index (χ4n) is 3.93. The predicted octanol–water partition coefficient (Wildman–Crippen LogP) is 3.10. The zero-order valence-electron chi connectivity index (χ0n) is 18.0. The lowest BCUT2D eigenvalue weighted by Crippen LogP contribution is -2.56. The number of hydrogen-bond acceptors (Lipinski definition) is 7. The number of para-hydroxylation sites is 2. The maximum Gasteiger partial charge on any atom is 0.269 e. The number of ether oxygens (including phenoxy) is 2. The SMILES string of the molecule is COc1ccccc1CNC(C(N)=O)N1Cc2ccccc2OC1c1cccc([N+](=O)[O-])c1. The third-order valence-electron chi connectivity index (χ3n) is 5.51. The van der Waals surface area contributed by atoms with E-state index in [2.05, 4.69) is 5.32 Å². The minimum absolute atomic E-state index is 0.0625. The highest BCUT2D eigenvalue weighted by Gasteiger charge is 2.37. The fourth-order valence-corrected chi connectivity index (χ4v) is 3.93.